The molecule has 0 fully saturated rings. The Morgan fingerprint density at radius 2 is 1.46 bits per heavy atom. The second-order valence-corrected chi connectivity index (χ2v) is 10.0. The molecule has 172 valence electrons. The predicted molar refractivity (Wildman–Crippen MR) is 143 cm³/mol. The van der Waals surface area contributed by atoms with Crippen LogP contribution in [0.25, 0.3) is 22.1 Å². The van der Waals surface area contributed by atoms with E-state index in [1.807, 2.05) is 24.3 Å². The quantitative estimate of drug-likeness (QED) is 0.246. The van der Waals surface area contributed by atoms with Crippen LogP contribution in [0.5, 0.6) is 5.75 Å². The van der Waals surface area contributed by atoms with E-state index in [0.717, 1.165) is 34.0 Å². The summed E-state index contributed by atoms with van der Waals surface area (Å²) in [5.41, 5.74) is 6.22. The lowest BCUT2D eigenvalue weighted by Crippen LogP contribution is -2.25. The number of hydrogen-bond acceptors (Lipinski definition) is 3. The Bertz CT molecular complexity index is 1580. The number of rotatable bonds is 3. The fourth-order valence-electron chi connectivity index (χ4n) is 5.48. The molecule has 1 aromatic heterocycles. The third-order valence-corrected chi connectivity index (χ3v) is 7.68. The molecule has 1 N–H and O–H groups in total. The molecule has 0 spiro atoms. The Balaban J connectivity index is 1.49. The van der Waals surface area contributed by atoms with Crippen molar-refractivity contribution in [3.05, 3.63) is 134 Å². The Labute approximate surface area is 211 Å². The highest BCUT2D eigenvalue weighted by molar-refractivity contribution is 9.10. The molecular weight excluding hydrogens is 500 g/mol. The van der Waals surface area contributed by atoms with Crippen molar-refractivity contribution in [1.82, 2.24) is 0 Å². The SMILES string of the molecule is O=c1oc2ccccc2c(O)c1[C@H]1CCc2ccccc2C1c1ccc(-c2ccc(Br)cc2)cc1. The molecule has 0 saturated heterocycles. The smallest absolute Gasteiger partial charge is 0.343 e. The molecule has 6 rings (SSSR count). The van der Waals surface area contributed by atoms with Crippen molar-refractivity contribution in [2.24, 2.45) is 0 Å². The number of halogens is 1. The summed E-state index contributed by atoms with van der Waals surface area (Å²) < 4.78 is 6.72. The minimum Gasteiger partial charge on any atom is -0.507 e. The summed E-state index contributed by atoms with van der Waals surface area (Å²) in [4.78, 5) is 13.2. The van der Waals surface area contributed by atoms with Crippen LogP contribution in [0, 0.1) is 0 Å². The largest absolute Gasteiger partial charge is 0.507 e. The monoisotopic (exact) mass is 522 g/mol. The van der Waals surface area contributed by atoms with Crippen molar-refractivity contribution in [2.75, 3.05) is 0 Å². The molecule has 35 heavy (non-hydrogen) atoms. The van der Waals surface area contributed by atoms with Gasteiger partial charge >= 0.3 is 5.63 Å². The average molecular weight is 523 g/mol. The first-order valence-electron chi connectivity index (χ1n) is 11.8. The third-order valence-electron chi connectivity index (χ3n) is 7.16. The van der Waals surface area contributed by atoms with E-state index in [9.17, 15) is 9.90 Å². The molecule has 3 nitrogen and oxygen atoms in total. The first-order chi connectivity index (χ1) is 17.1. The lowest BCUT2D eigenvalue weighted by Gasteiger charge is -2.34. The zero-order valence-electron chi connectivity index (χ0n) is 18.9. The summed E-state index contributed by atoms with van der Waals surface area (Å²) in [6, 6.07) is 32.4. The predicted octanol–water partition coefficient (Wildman–Crippen LogP) is 7.79. The molecule has 1 aliphatic rings. The zero-order valence-corrected chi connectivity index (χ0v) is 20.5. The van der Waals surface area contributed by atoms with Crippen LogP contribution in [0.2, 0.25) is 0 Å². The summed E-state index contributed by atoms with van der Waals surface area (Å²) in [7, 11) is 0. The highest BCUT2D eigenvalue weighted by Gasteiger charge is 2.36. The van der Waals surface area contributed by atoms with Crippen LogP contribution in [-0.2, 0) is 6.42 Å². The fourth-order valence-corrected chi connectivity index (χ4v) is 5.75. The lowest BCUT2D eigenvalue weighted by atomic mass is 9.69. The van der Waals surface area contributed by atoms with Crippen LogP contribution in [0.3, 0.4) is 0 Å². The van der Waals surface area contributed by atoms with Gasteiger partial charge in [0.2, 0.25) is 0 Å². The summed E-state index contributed by atoms with van der Waals surface area (Å²) in [5.74, 6) is -0.212. The Morgan fingerprint density at radius 1 is 0.800 bits per heavy atom. The van der Waals surface area contributed by atoms with Crippen LogP contribution in [-0.4, -0.2) is 5.11 Å². The molecule has 0 amide bonds. The van der Waals surface area contributed by atoms with Crippen molar-refractivity contribution in [3.63, 3.8) is 0 Å². The van der Waals surface area contributed by atoms with Crippen molar-refractivity contribution < 1.29 is 9.52 Å². The first-order valence-corrected chi connectivity index (χ1v) is 12.6. The van der Waals surface area contributed by atoms with Gasteiger partial charge < -0.3 is 9.52 Å². The molecule has 0 aliphatic heterocycles. The molecule has 4 heteroatoms. The molecule has 0 saturated carbocycles. The normalized spacial score (nSPS) is 17.3. The van der Waals surface area contributed by atoms with Gasteiger partial charge in [0.05, 0.1) is 10.9 Å². The molecule has 5 aromatic rings. The van der Waals surface area contributed by atoms with E-state index in [2.05, 4.69) is 70.5 Å². The standard InChI is InChI=1S/C31H23BrO3/c32-23-16-13-20(14-17-23)19-9-11-22(12-10-19)28-24-6-2-1-5-21(24)15-18-26(28)29-30(33)25-7-3-4-8-27(25)35-31(29)34/h1-14,16-17,26,28,33H,15,18H2/t26-,28?/m0/s1. The van der Waals surface area contributed by atoms with Crippen molar-refractivity contribution in [2.45, 2.75) is 24.7 Å². The molecular formula is C31H23BrO3. The fraction of sp³-hybridized carbons (Fsp3) is 0.129. The molecule has 0 radical (unpaired) electrons. The third kappa shape index (κ3) is 3.88. The highest BCUT2D eigenvalue weighted by Crippen LogP contribution is 2.48. The van der Waals surface area contributed by atoms with E-state index >= 15 is 0 Å². The maximum absolute atomic E-state index is 13.2. The summed E-state index contributed by atoms with van der Waals surface area (Å²) >= 11 is 3.50. The molecule has 1 heterocycles. The topological polar surface area (TPSA) is 50.4 Å². The van der Waals surface area contributed by atoms with E-state index in [1.54, 1.807) is 18.2 Å². The van der Waals surface area contributed by atoms with Gasteiger partial charge in [-0.2, -0.15) is 0 Å². The lowest BCUT2D eigenvalue weighted by molar-refractivity contribution is 0.424. The van der Waals surface area contributed by atoms with Crippen LogP contribution >= 0.6 is 15.9 Å². The van der Waals surface area contributed by atoms with Crippen LogP contribution < -0.4 is 5.63 Å². The van der Waals surface area contributed by atoms with Gasteiger partial charge in [-0.3, -0.25) is 0 Å². The van der Waals surface area contributed by atoms with E-state index in [4.69, 9.17) is 4.42 Å². The summed E-state index contributed by atoms with van der Waals surface area (Å²) in [6.07, 6.45) is 1.60. The number of benzene rings is 4. The molecule has 1 unspecified atom stereocenters. The second-order valence-electron chi connectivity index (χ2n) is 9.10. The minimum atomic E-state index is -0.456. The van der Waals surface area contributed by atoms with Crippen molar-refractivity contribution >= 4 is 26.9 Å². The Hall–Kier alpha value is -3.63. The van der Waals surface area contributed by atoms with Gasteiger partial charge in [-0.05, 0) is 64.9 Å². The van der Waals surface area contributed by atoms with Crippen LogP contribution in [0.15, 0.2) is 111 Å². The van der Waals surface area contributed by atoms with Crippen LogP contribution in [0.1, 0.15) is 40.5 Å². The summed E-state index contributed by atoms with van der Waals surface area (Å²) in [6.45, 7) is 0. The minimum absolute atomic E-state index is 0.0395. The second kappa shape index (κ2) is 8.86. The van der Waals surface area contributed by atoms with Crippen molar-refractivity contribution in [1.29, 1.82) is 0 Å². The van der Waals surface area contributed by atoms with Gasteiger partial charge in [-0.1, -0.05) is 88.7 Å². The Morgan fingerprint density at radius 3 is 2.23 bits per heavy atom. The van der Waals surface area contributed by atoms with Gasteiger partial charge in [0.15, 0.2) is 0 Å². The number of para-hydroxylation sites is 1. The molecule has 1 aliphatic carbocycles. The zero-order chi connectivity index (χ0) is 23.9. The van der Waals surface area contributed by atoms with Crippen LogP contribution in [0.4, 0.5) is 0 Å². The average Bonchev–Trinajstić information content (AvgIpc) is 2.89. The first kappa shape index (κ1) is 21.9. The van der Waals surface area contributed by atoms with Gasteiger partial charge in [0.1, 0.15) is 11.3 Å². The van der Waals surface area contributed by atoms with Gasteiger partial charge in [0.25, 0.3) is 0 Å². The van der Waals surface area contributed by atoms with E-state index in [0.29, 0.717) is 16.5 Å². The molecule has 0 bridgehead atoms. The van der Waals surface area contributed by atoms with Gasteiger partial charge in [-0.15, -0.1) is 0 Å². The number of aryl methyl sites for hydroxylation is 1. The Kier molecular flexibility index (Phi) is 5.54. The maximum atomic E-state index is 13.2. The number of aromatic hydroxyl groups is 1. The number of hydrogen-bond donors (Lipinski definition) is 1. The van der Waals surface area contributed by atoms with E-state index < -0.39 is 5.63 Å². The molecule has 4 aromatic carbocycles. The molecule has 2 atom stereocenters. The maximum Gasteiger partial charge on any atom is 0.343 e. The van der Waals surface area contributed by atoms with E-state index in [-0.39, 0.29) is 17.6 Å². The van der Waals surface area contributed by atoms with Gasteiger partial charge in [0, 0.05) is 16.3 Å². The van der Waals surface area contributed by atoms with Crippen molar-refractivity contribution in [3.8, 4) is 16.9 Å². The van der Waals surface area contributed by atoms with Gasteiger partial charge in [-0.25, -0.2) is 4.79 Å². The highest BCUT2D eigenvalue weighted by atomic mass is 79.9. The van der Waals surface area contributed by atoms with E-state index in [1.165, 1.54) is 11.1 Å². The summed E-state index contributed by atoms with van der Waals surface area (Å²) in [5, 5.41) is 11.8. The number of fused-ring (bicyclic) bond motifs is 2.